The Labute approximate surface area is 131 Å². The molecule has 0 unspecified atom stereocenters. The Kier molecular flexibility index (Phi) is 3.49. The second kappa shape index (κ2) is 5.65. The van der Waals surface area contributed by atoms with E-state index in [0.717, 1.165) is 12.8 Å². The lowest BCUT2D eigenvalue weighted by Crippen LogP contribution is -2.18. The summed E-state index contributed by atoms with van der Waals surface area (Å²) in [6.07, 6.45) is 4.93. The summed E-state index contributed by atoms with van der Waals surface area (Å²) in [5.41, 5.74) is 10.0. The summed E-state index contributed by atoms with van der Waals surface area (Å²) in [6, 6.07) is 0.0417. The van der Waals surface area contributed by atoms with Crippen molar-refractivity contribution in [3.63, 3.8) is 0 Å². The SMILES string of the molecule is [N-]=[N+]=N[C@H]1C[C@@H](CO)O[C@H]1n1cnc2c(NC3CC3)ncnc21. The van der Waals surface area contributed by atoms with E-state index in [1.54, 1.807) is 10.9 Å². The van der Waals surface area contributed by atoms with Gasteiger partial charge >= 0.3 is 0 Å². The monoisotopic (exact) mass is 316 g/mol. The first-order valence-electron chi connectivity index (χ1n) is 7.54. The second-order valence-electron chi connectivity index (χ2n) is 5.80. The van der Waals surface area contributed by atoms with Crippen LogP contribution in [-0.2, 0) is 4.74 Å². The van der Waals surface area contributed by atoms with Gasteiger partial charge in [-0.3, -0.25) is 4.57 Å². The fraction of sp³-hybridized carbons (Fsp3) is 0.615. The number of fused-ring (bicyclic) bond motifs is 1. The zero-order chi connectivity index (χ0) is 15.8. The van der Waals surface area contributed by atoms with E-state index in [1.165, 1.54) is 6.33 Å². The van der Waals surface area contributed by atoms with Gasteiger partial charge in [0.1, 0.15) is 12.6 Å². The summed E-state index contributed by atoms with van der Waals surface area (Å²) < 4.78 is 7.53. The Morgan fingerprint density at radius 2 is 2.30 bits per heavy atom. The largest absolute Gasteiger partial charge is 0.394 e. The minimum Gasteiger partial charge on any atom is -0.394 e. The molecule has 4 rings (SSSR count). The lowest BCUT2D eigenvalue weighted by atomic mass is 10.2. The second-order valence-corrected chi connectivity index (χ2v) is 5.80. The van der Waals surface area contributed by atoms with E-state index in [9.17, 15) is 5.11 Å². The number of aromatic nitrogens is 4. The number of azide groups is 1. The van der Waals surface area contributed by atoms with E-state index in [1.807, 2.05) is 0 Å². The summed E-state index contributed by atoms with van der Waals surface area (Å²) in [5.74, 6) is 0.702. The average Bonchev–Trinajstić information content (AvgIpc) is 3.12. The van der Waals surface area contributed by atoms with Crippen LogP contribution >= 0.6 is 0 Å². The highest BCUT2D eigenvalue weighted by molar-refractivity contribution is 5.83. The molecule has 1 aliphatic carbocycles. The number of imidazole rings is 1. The molecular weight excluding hydrogens is 300 g/mol. The number of rotatable bonds is 5. The van der Waals surface area contributed by atoms with Crippen LogP contribution in [0.4, 0.5) is 5.82 Å². The van der Waals surface area contributed by atoms with Crippen molar-refractivity contribution in [1.29, 1.82) is 0 Å². The predicted octanol–water partition coefficient (Wildman–Crippen LogP) is 1.36. The maximum absolute atomic E-state index is 9.31. The highest BCUT2D eigenvalue weighted by Crippen LogP contribution is 2.34. The number of aliphatic hydroxyl groups is 1. The molecule has 0 amide bonds. The van der Waals surface area contributed by atoms with Crippen LogP contribution in [0.2, 0.25) is 0 Å². The van der Waals surface area contributed by atoms with Crippen molar-refractivity contribution in [3.05, 3.63) is 23.1 Å². The first-order chi connectivity index (χ1) is 11.3. The van der Waals surface area contributed by atoms with E-state index in [-0.39, 0.29) is 12.7 Å². The Bertz CT molecular complexity index is 766. The van der Waals surface area contributed by atoms with Crippen LogP contribution in [0.15, 0.2) is 17.8 Å². The van der Waals surface area contributed by atoms with Crippen molar-refractivity contribution in [2.75, 3.05) is 11.9 Å². The Morgan fingerprint density at radius 3 is 3.04 bits per heavy atom. The molecule has 0 radical (unpaired) electrons. The van der Waals surface area contributed by atoms with Gasteiger partial charge in [0.2, 0.25) is 0 Å². The first-order valence-corrected chi connectivity index (χ1v) is 7.54. The van der Waals surface area contributed by atoms with E-state index in [4.69, 9.17) is 10.3 Å². The number of anilines is 1. The van der Waals surface area contributed by atoms with E-state index in [2.05, 4.69) is 30.3 Å². The van der Waals surface area contributed by atoms with Crippen molar-refractivity contribution < 1.29 is 9.84 Å². The van der Waals surface area contributed by atoms with Crippen molar-refractivity contribution in [2.24, 2.45) is 5.11 Å². The maximum atomic E-state index is 9.31. The van der Waals surface area contributed by atoms with Gasteiger partial charge in [-0.05, 0) is 24.8 Å². The van der Waals surface area contributed by atoms with Crippen LogP contribution < -0.4 is 5.32 Å². The standard InChI is InChI=1S/C13H16N8O2/c14-20-19-9-3-8(4-22)23-13(9)21-6-17-10-11(18-7-1-2-7)15-5-16-12(10)21/h5-9,13,22H,1-4H2,(H,15,16,18)/t8-,9-,13+/m0/s1. The molecule has 2 aliphatic rings. The van der Waals surface area contributed by atoms with Crippen LogP contribution in [0.5, 0.6) is 0 Å². The lowest BCUT2D eigenvalue weighted by molar-refractivity contribution is -0.0238. The number of nitrogens with one attached hydrogen (secondary N) is 1. The molecule has 2 N–H and O–H groups in total. The molecule has 2 aromatic heterocycles. The van der Waals surface area contributed by atoms with E-state index in [0.29, 0.717) is 29.4 Å². The summed E-state index contributed by atoms with van der Waals surface area (Å²) in [6.45, 7) is -0.121. The number of ether oxygens (including phenoxy) is 1. The third-order valence-electron chi connectivity index (χ3n) is 4.12. The third-order valence-corrected chi connectivity index (χ3v) is 4.12. The van der Waals surface area contributed by atoms with E-state index < -0.39 is 12.3 Å². The zero-order valence-electron chi connectivity index (χ0n) is 12.3. The molecular formula is C13H16N8O2. The first kappa shape index (κ1) is 14.2. The molecule has 1 saturated carbocycles. The summed E-state index contributed by atoms with van der Waals surface area (Å²) in [4.78, 5) is 15.8. The van der Waals surface area contributed by atoms with Crippen molar-refractivity contribution >= 4 is 17.0 Å². The highest BCUT2D eigenvalue weighted by atomic mass is 16.5. The number of hydrogen-bond acceptors (Lipinski definition) is 7. The molecule has 1 saturated heterocycles. The van der Waals surface area contributed by atoms with Crippen molar-refractivity contribution in [1.82, 2.24) is 19.5 Å². The molecule has 3 heterocycles. The van der Waals surface area contributed by atoms with Gasteiger partial charge in [-0.2, -0.15) is 0 Å². The van der Waals surface area contributed by atoms with Gasteiger partial charge in [-0.25, -0.2) is 15.0 Å². The Hall–Kier alpha value is -2.42. The Balaban J connectivity index is 1.71. The zero-order valence-corrected chi connectivity index (χ0v) is 12.3. The molecule has 23 heavy (non-hydrogen) atoms. The van der Waals surface area contributed by atoms with Gasteiger partial charge in [-0.15, -0.1) is 0 Å². The fourth-order valence-corrected chi connectivity index (χ4v) is 2.83. The Morgan fingerprint density at radius 1 is 1.43 bits per heavy atom. The van der Waals surface area contributed by atoms with Gasteiger partial charge in [0.15, 0.2) is 17.0 Å². The molecule has 1 aliphatic heterocycles. The quantitative estimate of drug-likeness (QED) is 0.486. The molecule has 0 spiro atoms. The third kappa shape index (κ3) is 2.56. The fourth-order valence-electron chi connectivity index (χ4n) is 2.83. The maximum Gasteiger partial charge on any atom is 0.167 e. The summed E-state index contributed by atoms with van der Waals surface area (Å²) in [5, 5.41) is 16.4. The normalized spacial score (nSPS) is 27.1. The van der Waals surface area contributed by atoms with Gasteiger partial charge in [0, 0.05) is 11.0 Å². The molecule has 2 fully saturated rings. The molecule has 2 aromatic rings. The summed E-state index contributed by atoms with van der Waals surface area (Å²) >= 11 is 0. The van der Waals surface area contributed by atoms with E-state index >= 15 is 0 Å². The topological polar surface area (TPSA) is 134 Å². The number of aliphatic hydroxyl groups excluding tert-OH is 1. The van der Waals surface area contributed by atoms with Gasteiger partial charge in [0.25, 0.3) is 0 Å². The number of hydrogen-bond donors (Lipinski definition) is 2. The van der Waals surface area contributed by atoms with Crippen LogP contribution in [0.25, 0.3) is 21.6 Å². The molecule has 120 valence electrons. The minimum absolute atomic E-state index is 0.121. The van der Waals surface area contributed by atoms with Crippen LogP contribution in [-0.4, -0.2) is 49.4 Å². The smallest absolute Gasteiger partial charge is 0.167 e. The van der Waals surface area contributed by atoms with Crippen LogP contribution in [0.1, 0.15) is 25.5 Å². The van der Waals surface area contributed by atoms with Crippen LogP contribution in [0, 0.1) is 0 Å². The number of nitrogens with zero attached hydrogens (tertiary/aromatic N) is 7. The molecule has 3 atom stereocenters. The van der Waals surface area contributed by atoms with Crippen LogP contribution in [0.3, 0.4) is 0 Å². The summed E-state index contributed by atoms with van der Waals surface area (Å²) in [7, 11) is 0. The van der Waals surface area contributed by atoms with Gasteiger partial charge in [-0.1, -0.05) is 5.11 Å². The predicted molar refractivity (Wildman–Crippen MR) is 80.5 cm³/mol. The van der Waals surface area contributed by atoms with Crippen molar-refractivity contribution in [3.8, 4) is 0 Å². The molecule has 10 nitrogen and oxygen atoms in total. The molecule has 10 heteroatoms. The highest BCUT2D eigenvalue weighted by Gasteiger charge is 2.36. The molecule has 0 bridgehead atoms. The minimum atomic E-state index is -0.531. The molecule has 0 aromatic carbocycles. The lowest BCUT2D eigenvalue weighted by Gasteiger charge is -2.17. The van der Waals surface area contributed by atoms with Crippen molar-refractivity contribution in [2.45, 2.75) is 43.7 Å². The van der Waals surface area contributed by atoms with Gasteiger partial charge in [0.05, 0.1) is 25.1 Å². The average molecular weight is 316 g/mol. The van der Waals surface area contributed by atoms with Gasteiger partial charge < -0.3 is 15.2 Å².